The zero-order chi connectivity index (χ0) is 94.1. The SMILES string of the molecule is CNC(=O)[C@@H]1CSCCC(=O)N2CN3CN(C2)C(=O)CCSC[C@H](NC(C)=O)C(=O)N[C@@H](Cc2c[nH]cn2)C(=O)N[C@H](Cc2c[nH]c4ccccc24)C(=O)N[C@H](CC(C)C)C(=O)N[C@H](CCC(=O)O)C(=O)N[C@H](CC(N)=O)C(=O)N[C@@H](CSCCC3=O)CC(=O)NC(Cc2c[nH]c3ccccc23)C(=O)N[C@@H](CCCNC(=N)N)C(=O)NC(=O)N[C@@H](Cc2ccccc2)C(=O)N1. The molecule has 3 aliphatic heterocycles. The van der Waals surface area contributed by atoms with Gasteiger partial charge < -0.3 is 115 Å². The molecule has 4 bridgehead atoms. The second-order valence-electron chi connectivity index (χ2n) is 31.8. The summed E-state index contributed by atoms with van der Waals surface area (Å²) >= 11 is 3.12. The first-order valence-electron chi connectivity index (χ1n) is 42.3. The standard InChI is InChI=1S/C84H112N24O19S3/c1-46(2)29-59-77(121)98-58(20-21-72(115)116)74(118)102-64(35-67(85)110)76(120)95-52-34-68(111)96-61(31-49-36-91-55-17-10-8-15-53(49)55)79(123)97-57(19-12-25-90-83(86)87)75(119)105-84(127)104-60(30-48-13-6-5-7-14-48)78(122)103-65(73(117)88-4)40-129-27-23-70(113)107-43-106(69(112)22-26-128-39-52)44-108(45-107)71(114)24-28-130-41-66(94-47(3)109)82(126)101-63(33-51-38-89-42-93-51)81(125)100-62(80(124)99-59)32-50-37-92-56-18-11-9-16-54(50)56/h5-11,13-18,36-38,42,46,52,57-66,91-92H,12,19-35,39-41,43-45H2,1-4H3,(H2,85,110)(H,88,117)(H,89,93)(H,94,109)(H,95,120)(H,96,111)(H,97,123)(H,98,121)(H,99,124)(H,100,125)(H,101,126)(H,102,118)(H,103,122)(H,115,116)(H4,86,87,90)(H2,104,105,119,127)/t52-,57+,58-,59-,60+,61?,62-,63+,64-,65+,66+/m1/s1. The van der Waals surface area contributed by atoms with Gasteiger partial charge in [-0.05, 0) is 60.4 Å². The van der Waals surface area contributed by atoms with E-state index in [1.807, 2.05) is 0 Å². The van der Waals surface area contributed by atoms with Crippen LogP contribution in [0.4, 0.5) is 4.79 Å². The van der Waals surface area contributed by atoms with Crippen molar-refractivity contribution in [3.8, 4) is 0 Å². The van der Waals surface area contributed by atoms with E-state index in [9.17, 15) is 67.4 Å². The third-order valence-corrected chi connectivity index (χ3v) is 24.5. The quantitative estimate of drug-likeness (QED) is 0.0204. The lowest BCUT2D eigenvalue weighted by molar-refractivity contribution is -0.158. The number of aliphatic carboxylic acids is 1. The smallest absolute Gasteiger partial charge is 0.322 e. The summed E-state index contributed by atoms with van der Waals surface area (Å²) in [6.45, 7) is 3.46. The number of guanidine groups is 1. The van der Waals surface area contributed by atoms with Crippen LogP contribution in [0, 0.1) is 11.3 Å². The maximum Gasteiger partial charge on any atom is 0.322 e. The summed E-state index contributed by atoms with van der Waals surface area (Å²) in [4.78, 5) is 277. The molecule has 0 spiro atoms. The number of para-hydroxylation sites is 2. The maximum atomic E-state index is 15.2. The van der Waals surface area contributed by atoms with Gasteiger partial charge in [0.25, 0.3) is 5.91 Å². The van der Waals surface area contributed by atoms with Crippen molar-refractivity contribution >= 4 is 170 Å². The number of benzene rings is 3. The molecule has 1 unspecified atom stereocenters. The predicted octanol–water partition coefficient (Wildman–Crippen LogP) is -2.34. The van der Waals surface area contributed by atoms with Crippen molar-refractivity contribution in [2.45, 2.75) is 177 Å². The van der Waals surface area contributed by atoms with Gasteiger partial charge in [0, 0.05) is 159 Å². The van der Waals surface area contributed by atoms with Crippen LogP contribution < -0.4 is 85.9 Å². The number of carbonyl (C=O) groups excluding carboxylic acids is 17. The lowest BCUT2D eigenvalue weighted by atomic mass is 9.99. The van der Waals surface area contributed by atoms with E-state index in [2.05, 4.69) is 94.4 Å². The normalized spacial score (nSPS) is 23.1. The van der Waals surface area contributed by atoms with Crippen LogP contribution in [-0.2, 0) is 107 Å². The molecule has 9 rings (SSSR count). The number of amides is 18. The van der Waals surface area contributed by atoms with E-state index in [4.69, 9.17) is 16.9 Å². The van der Waals surface area contributed by atoms with Gasteiger partial charge >= 0.3 is 12.0 Å². The number of nitrogens with one attached hydrogen (secondary N) is 18. The third kappa shape index (κ3) is 31.6. The molecule has 11 atom stereocenters. The van der Waals surface area contributed by atoms with Crippen molar-refractivity contribution in [2.24, 2.45) is 17.4 Å². The molecule has 3 aromatic heterocycles. The van der Waals surface area contributed by atoms with E-state index in [-0.39, 0.29) is 131 Å². The molecule has 6 heterocycles. The van der Waals surface area contributed by atoms with Crippen LogP contribution >= 0.6 is 35.3 Å². The van der Waals surface area contributed by atoms with Crippen molar-refractivity contribution in [1.82, 2.24) is 109 Å². The first kappa shape index (κ1) is 100. The Morgan fingerprint density at radius 2 is 1.02 bits per heavy atom. The van der Waals surface area contributed by atoms with Crippen molar-refractivity contribution < 1.29 is 91.4 Å². The second kappa shape index (κ2) is 49.9. The topological polar surface area (TPSA) is 642 Å². The Hall–Kier alpha value is -13.3. The number of carboxylic acids is 1. The molecule has 6 aromatic rings. The number of carbonyl (C=O) groups is 18. The van der Waals surface area contributed by atoms with E-state index >= 15 is 24.0 Å². The highest BCUT2D eigenvalue weighted by atomic mass is 32.2. The van der Waals surface area contributed by atoms with E-state index in [1.54, 1.807) is 105 Å². The number of hydrogen-bond donors (Lipinski definition) is 21. The molecule has 0 radical (unpaired) electrons. The fraction of sp³-hybridized carbons (Fsp3) is 0.476. The Labute approximate surface area is 760 Å². The Bertz CT molecular complexity index is 5060. The van der Waals surface area contributed by atoms with Gasteiger partial charge in [-0.1, -0.05) is 80.6 Å². The number of thioether (sulfide) groups is 3. The number of H-pyrrole nitrogens is 3. The minimum absolute atomic E-state index is 0.00677. The molecular formula is C84H112N24O19S3. The second-order valence-corrected chi connectivity index (χ2v) is 35.3. The summed E-state index contributed by atoms with van der Waals surface area (Å²) in [5, 5.41) is 55.3. The molecule has 0 aliphatic carbocycles. The summed E-state index contributed by atoms with van der Waals surface area (Å²) in [7, 11) is 1.33. The minimum Gasteiger partial charge on any atom is -0.481 e. The number of aromatic nitrogens is 4. The fourth-order valence-corrected chi connectivity index (χ4v) is 17.5. The van der Waals surface area contributed by atoms with Crippen molar-refractivity contribution in [2.75, 3.05) is 68.1 Å². The molecule has 46 heteroatoms. The lowest BCUT2D eigenvalue weighted by Gasteiger charge is -2.42. The molecule has 3 saturated heterocycles. The molecule has 0 saturated carbocycles. The molecule has 700 valence electrons. The fourth-order valence-electron chi connectivity index (χ4n) is 14.6. The van der Waals surface area contributed by atoms with Crippen LogP contribution in [0.25, 0.3) is 21.8 Å². The average Bonchev–Trinajstić information content (AvgIpc) is 1.77. The Balaban J connectivity index is 1.11. The van der Waals surface area contributed by atoms with E-state index in [0.29, 0.717) is 38.5 Å². The number of urea groups is 1. The van der Waals surface area contributed by atoms with Crippen LogP contribution in [0.3, 0.4) is 0 Å². The molecule has 3 aromatic carbocycles. The van der Waals surface area contributed by atoms with Crippen molar-refractivity contribution in [3.05, 3.63) is 126 Å². The number of aromatic amines is 3. The van der Waals surface area contributed by atoms with Crippen LogP contribution in [0.15, 0.2) is 104 Å². The van der Waals surface area contributed by atoms with Gasteiger partial charge in [0.1, 0.15) is 60.4 Å². The summed E-state index contributed by atoms with van der Waals surface area (Å²) < 4.78 is 0. The van der Waals surface area contributed by atoms with Crippen LogP contribution in [-0.4, -0.2) is 287 Å². The van der Waals surface area contributed by atoms with Crippen LogP contribution in [0.5, 0.6) is 0 Å². The lowest BCUT2D eigenvalue weighted by Crippen LogP contribution is -2.61. The zero-order valence-corrected chi connectivity index (χ0v) is 74.6. The summed E-state index contributed by atoms with van der Waals surface area (Å²) in [5.41, 5.74) is 14.4. The number of imidazole rings is 1. The Morgan fingerprint density at radius 3 is 1.57 bits per heavy atom. The number of primary amides is 1. The van der Waals surface area contributed by atoms with E-state index < -0.39 is 211 Å². The number of likely N-dealkylation sites (N-methyl/N-ethyl adjacent to an activating group) is 1. The van der Waals surface area contributed by atoms with Gasteiger partial charge in [-0.2, -0.15) is 35.3 Å². The van der Waals surface area contributed by atoms with Gasteiger partial charge in [0.15, 0.2) is 5.96 Å². The summed E-state index contributed by atoms with van der Waals surface area (Å²) in [5.74, 6) is -17.7. The third-order valence-electron chi connectivity index (χ3n) is 21.2. The number of rotatable bonds is 21. The highest BCUT2D eigenvalue weighted by Gasteiger charge is 2.40. The van der Waals surface area contributed by atoms with Gasteiger partial charge in [-0.15, -0.1) is 0 Å². The Morgan fingerprint density at radius 1 is 0.538 bits per heavy atom. The Kier molecular flexibility index (Phi) is 38.6. The molecule has 130 heavy (non-hydrogen) atoms. The minimum atomic E-state index is -1.99. The first-order valence-corrected chi connectivity index (χ1v) is 45.7. The van der Waals surface area contributed by atoms with Crippen molar-refractivity contribution in [1.29, 1.82) is 5.41 Å². The molecule has 18 amide bonds. The van der Waals surface area contributed by atoms with E-state index in [1.165, 1.54) is 34.3 Å². The highest BCUT2D eigenvalue weighted by Crippen LogP contribution is 2.24. The number of carboxylic acid groups (broad SMARTS) is 1. The zero-order valence-electron chi connectivity index (χ0n) is 72.2. The summed E-state index contributed by atoms with van der Waals surface area (Å²) in [6, 6.07) is 3.68. The van der Waals surface area contributed by atoms with Gasteiger partial charge in [0.05, 0.1) is 38.4 Å². The van der Waals surface area contributed by atoms with Crippen LogP contribution in [0.2, 0.25) is 0 Å². The highest BCUT2D eigenvalue weighted by molar-refractivity contribution is 7.99. The predicted molar refractivity (Wildman–Crippen MR) is 481 cm³/mol. The van der Waals surface area contributed by atoms with Gasteiger partial charge in [-0.25, -0.2) is 9.78 Å². The number of imide groups is 1. The average molecular weight is 1860 g/mol. The largest absolute Gasteiger partial charge is 0.481 e. The van der Waals surface area contributed by atoms with Crippen molar-refractivity contribution in [3.63, 3.8) is 0 Å². The maximum absolute atomic E-state index is 15.2. The molecule has 43 nitrogen and oxygen atoms in total. The molecule has 23 N–H and O–H groups in total. The molecule has 3 fully saturated rings. The number of nitrogens with zero attached hydrogens (tertiary/aromatic N) is 4. The van der Waals surface area contributed by atoms with Crippen LogP contribution in [0.1, 0.15) is 107 Å². The molecular weight excluding hydrogens is 1750 g/mol. The van der Waals surface area contributed by atoms with Gasteiger partial charge in [-0.3, -0.25) is 92.2 Å². The first-order chi connectivity index (χ1) is 62.2. The van der Waals surface area contributed by atoms with E-state index in [0.717, 1.165) is 42.2 Å². The number of nitrogens with two attached hydrogens (primary N) is 2. The summed E-state index contributed by atoms with van der Waals surface area (Å²) in [6.07, 6.45) is 0.419. The molecule has 3 aliphatic rings. The number of hydrogen-bond acceptors (Lipinski definition) is 23. The number of fused-ring (bicyclic) bond motifs is 9. The monoisotopic (exact) mass is 1860 g/mol. The van der Waals surface area contributed by atoms with Gasteiger partial charge in [0.2, 0.25) is 88.6 Å².